The van der Waals surface area contributed by atoms with Crippen molar-refractivity contribution in [3.05, 3.63) is 64.7 Å². The lowest BCUT2D eigenvalue weighted by molar-refractivity contribution is -0.138. The Balaban J connectivity index is 1.49. The molecular formula is C21H17F3N2O4. The average Bonchev–Trinajstić information content (AvgIpc) is 3.03. The monoisotopic (exact) mass is 418 g/mol. The molecule has 9 heteroatoms. The summed E-state index contributed by atoms with van der Waals surface area (Å²) in [5.74, 6) is -0.754. The van der Waals surface area contributed by atoms with Gasteiger partial charge in [-0.2, -0.15) is 13.2 Å². The van der Waals surface area contributed by atoms with Crippen LogP contribution < -0.4 is 10.1 Å². The molecule has 1 atom stereocenters. The number of benzene rings is 2. The first-order valence-corrected chi connectivity index (χ1v) is 9.29. The van der Waals surface area contributed by atoms with E-state index < -0.39 is 23.7 Å². The van der Waals surface area contributed by atoms with E-state index in [1.165, 1.54) is 17.0 Å². The average molecular weight is 418 g/mol. The highest BCUT2D eigenvalue weighted by Gasteiger charge is 2.40. The maximum Gasteiger partial charge on any atom is 0.416 e. The topological polar surface area (TPSA) is 75.7 Å². The fourth-order valence-electron chi connectivity index (χ4n) is 3.64. The third-order valence-electron chi connectivity index (χ3n) is 5.21. The second-order valence-corrected chi connectivity index (χ2v) is 7.17. The van der Waals surface area contributed by atoms with E-state index in [0.717, 1.165) is 12.1 Å². The molecule has 2 heterocycles. The zero-order valence-electron chi connectivity index (χ0n) is 15.7. The first-order valence-electron chi connectivity index (χ1n) is 9.29. The molecule has 2 aliphatic rings. The zero-order valence-corrected chi connectivity index (χ0v) is 15.7. The van der Waals surface area contributed by atoms with Crippen molar-refractivity contribution in [1.82, 2.24) is 10.2 Å². The highest BCUT2D eigenvalue weighted by Crippen LogP contribution is 2.34. The minimum Gasteiger partial charge on any atom is -0.489 e. The summed E-state index contributed by atoms with van der Waals surface area (Å²) >= 11 is 0. The lowest BCUT2D eigenvalue weighted by atomic mass is 10.0. The number of nitrogens with one attached hydrogen (secondary N) is 1. The Bertz CT molecular complexity index is 1020. The second-order valence-electron chi connectivity index (χ2n) is 7.17. The number of fused-ring (bicyclic) bond motifs is 1. The number of carbonyl (C=O) groups excluding carboxylic acids is 3. The largest absolute Gasteiger partial charge is 0.489 e. The second kappa shape index (κ2) is 7.47. The van der Waals surface area contributed by atoms with Crippen LogP contribution in [-0.4, -0.2) is 28.7 Å². The summed E-state index contributed by atoms with van der Waals surface area (Å²) in [6.07, 6.45) is -3.99. The van der Waals surface area contributed by atoms with Crippen molar-refractivity contribution in [3.8, 4) is 5.75 Å². The van der Waals surface area contributed by atoms with Crippen molar-refractivity contribution >= 4 is 17.7 Å². The molecular weight excluding hydrogens is 401 g/mol. The van der Waals surface area contributed by atoms with Gasteiger partial charge in [-0.15, -0.1) is 0 Å². The number of alkyl halides is 3. The van der Waals surface area contributed by atoms with Gasteiger partial charge in [0.15, 0.2) is 0 Å². The quantitative estimate of drug-likeness (QED) is 0.775. The number of ether oxygens (including phenoxy) is 1. The van der Waals surface area contributed by atoms with Crippen LogP contribution in [0.1, 0.15) is 39.9 Å². The molecule has 30 heavy (non-hydrogen) atoms. The van der Waals surface area contributed by atoms with Crippen LogP contribution in [0.3, 0.4) is 0 Å². The van der Waals surface area contributed by atoms with E-state index in [2.05, 4.69) is 5.32 Å². The van der Waals surface area contributed by atoms with Gasteiger partial charge in [-0.1, -0.05) is 18.2 Å². The van der Waals surface area contributed by atoms with E-state index in [-0.39, 0.29) is 37.8 Å². The van der Waals surface area contributed by atoms with Crippen LogP contribution in [0.2, 0.25) is 0 Å². The Labute approximate surface area is 169 Å². The lowest BCUT2D eigenvalue weighted by Crippen LogP contribution is -2.52. The minimum atomic E-state index is -4.40. The maximum absolute atomic E-state index is 12.8. The Kier molecular flexibility index (Phi) is 4.97. The Morgan fingerprint density at radius 1 is 1.07 bits per heavy atom. The first kappa shape index (κ1) is 19.9. The Morgan fingerprint density at radius 2 is 1.80 bits per heavy atom. The van der Waals surface area contributed by atoms with Gasteiger partial charge >= 0.3 is 6.18 Å². The zero-order chi connectivity index (χ0) is 21.5. The van der Waals surface area contributed by atoms with Crippen LogP contribution >= 0.6 is 0 Å². The molecule has 1 fully saturated rings. The van der Waals surface area contributed by atoms with Gasteiger partial charge in [-0.3, -0.25) is 19.7 Å². The highest BCUT2D eigenvalue weighted by molar-refractivity contribution is 6.05. The number of nitrogens with zero attached hydrogens (tertiary/aromatic N) is 1. The fourth-order valence-corrected chi connectivity index (χ4v) is 3.64. The van der Waals surface area contributed by atoms with Gasteiger partial charge in [0.2, 0.25) is 11.8 Å². The van der Waals surface area contributed by atoms with Gasteiger partial charge in [0.25, 0.3) is 5.91 Å². The van der Waals surface area contributed by atoms with Crippen molar-refractivity contribution in [3.63, 3.8) is 0 Å². The van der Waals surface area contributed by atoms with Crippen LogP contribution in [0, 0.1) is 0 Å². The minimum absolute atomic E-state index is 0.0290. The summed E-state index contributed by atoms with van der Waals surface area (Å²) in [5.41, 5.74) is 0.827. The first-order chi connectivity index (χ1) is 14.2. The smallest absolute Gasteiger partial charge is 0.416 e. The van der Waals surface area contributed by atoms with Gasteiger partial charge in [-0.25, -0.2) is 0 Å². The summed E-state index contributed by atoms with van der Waals surface area (Å²) in [7, 11) is 0. The van der Waals surface area contributed by atoms with Crippen LogP contribution in [0.15, 0.2) is 42.5 Å². The molecule has 1 N–H and O–H groups in total. The summed E-state index contributed by atoms with van der Waals surface area (Å²) in [6, 6.07) is 8.88. The fraction of sp³-hybridized carbons (Fsp3) is 0.286. The number of rotatable bonds is 4. The Morgan fingerprint density at radius 3 is 2.47 bits per heavy atom. The summed E-state index contributed by atoms with van der Waals surface area (Å²) in [4.78, 5) is 37.7. The van der Waals surface area contributed by atoms with Crippen molar-refractivity contribution in [2.45, 2.75) is 38.2 Å². The molecule has 0 aromatic heterocycles. The van der Waals surface area contributed by atoms with E-state index in [1.54, 1.807) is 18.2 Å². The number of hydrogen-bond acceptors (Lipinski definition) is 4. The summed E-state index contributed by atoms with van der Waals surface area (Å²) in [6.45, 7) is 0.185. The molecule has 0 radical (unpaired) electrons. The number of piperidine rings is 1. The molecule has 0 spiro atoms. The number of halogens is 3. The number of imide groups is 1. The van der Waals surface area contributed by atoms with E-state index in [1.807, 2.05) is 0 Å². The van der Waals surface area contributed by atoms with Crippen LogP contribution in [-0.2, 0) is 28.9 Å². The predicted molar refractivity (Wildman–Crippen MR) is 98.3 cm³/mol. The highest BCUT2D eigenvalue weighted by atomic mass is 19.4. The number of amides is 3. The third kappa shape index (κ3) is 3.74. The van der Waals surface area contributed by atoms with Crippen molar-refractivity contribution in [2.24, 2.45) is 0 Å². The van der Waals surface area contributed by atoms with E-state index >= 15 is 0 Å². The standard InChI is InChI=1S/C21H17F3N2O4/c22-21(23,24)13-6-4-12(5-7-13)11-30-17-3-1-2-14-15(17)10-26(20(14)29)16-8-9-18(27)25-19(16)28/h1-7,16H,8-11H2,(H,25,27,28). The molecule has 2 aromatic carbocycles. The summed E-state index contributed by atoms with van der Waals surface area (Å²) in [5, 5.41) is 2.25. The summed E-state index contributed by atoms with van der Waals surface area (Å²) < 4.78 is 43.8. The maximum atomic E-state index is 12.8. The van der Waals surface area contributed by atoms with Gasteiger partial charge in [0.05, 0.1) is 12.1 Å². The molecule has 156 valence electrons. The molecule has 0 bridgehead atoms. The van der Waals surface area contributed by atoms with Gasteiger partial charge in [0, 0.05) is 17.5 Å². The molecule has 2 aromatic rings. The molecule has 1 saturated heterocycles. The third-order valence-corrected chi connectivity index (χ3v) is 5.21. The van der Waals surface area contributed by atoms with Crippen molar-refractivity contribution in [1.29, 1.82) is 0 Å². The van der Waals surface area contributed by atoms with Gasteiger partial charge in [0.1, 0.15) is 18.4 Å². The number of carbonyl (C=O) groups is 3. The van der Waals surface area contributed by atoms with Crippen LogP contribution in [0.4, 0.5) is 13.2 Å². The lowest BCUT2D eigenvalue weighted by Gasteiger charge is -2.29. The molecule has 4 rings (SSSR count). The molecule has 1 unspecified atom stereocenters. The van der Waals surface area contributed by atoms with E-state index in [4.69, 9.17) is 4.74 Å². The molecule has 2 aliphatic heterocycles. The van der Waals surface area contributed by atoms with E-state index in [0.29, 0.717) is 22.4 Å². The Hall–Kier alpha value is -3.36. The SMILES string of the molecule is O=C1CCC(N2Cc3c(OCc4ccc(C(F)(F)F)cc4)cccc3C2=O)C(=O)N1. The van der Waals surface area contributed by atoms with Crippen molar-refractivity contribution in [2.75, 3.05) is 0 Å². The van der Waals surface area contributed by atoms with Crippen molar-refractivity contribution < 1.29 is 32.3 Å². The van der Waals surface area contributed by atoms with Gasteiger partial charge in [-0.05, 0) is 36.2 Å². The van der Waals surface area contributed by atoms with Crippen LogP contribution in [0.5, 0.6) is 5.75 Å². The van der Waals surface area contributed by atoms with E-state index in [9.17, 15) is 27.6 Å². The molecule has 3 amide bonds. The van der Waals surface area contributed by atoms with Crippen LogP contribution in [0.25, 0.3) is 0 Å². The molecule has 6 nitrogen and oxygen atoms in total. The molecule has 0 aliphatic carbocycles. The van der Waals surface area contributed by atoms with Gasteiger partial charge < -0.3 is 9.64 Å². The number of hydrogen-bond donors (Lipinski definition) is 1. The predicted octanol–water partition coefficient (Wildman–Crippen LogP) is 3.05. The molecule has 0 saturated carbocycles. The normalized spacial score (nSPS) is 19.0.